The molecule has 1 N–H and O–H groups in total. The van der Waals surface area contributed by atoms with Gasteiger partial charge in [0, 0.05) is 36.2 Å². The van der Waals surface area contributed by atoms with Crippen molar-refractivity contribution in [2.45, 2.75) is 37.1 Å². The Labute approximate surface area is 181 Å². The summed E-state index contributed by atoms with van der Waals surface area (Å²) in [6.45, 7) is -0.516. The summed E-state index contributed by atoms with van der Waals surface area (Å²) in [5.41, 5.74) is 0.941. The Balaban J connectivity index is 1.35. The first-order valence-corrected chi connectivity index (χ1v) is 10.3. The van der Waals surface area contributed by atoms with Gasteiger partial charge in [-0.25, -0.2) is 13.6 Å². The summed E-state index contributed by atoms with van der Waals surface area (Å²) in [7, 11) is 0. The highest BCUT2D eigenvalue weighted by atomic mass is 19.3. The Hall–Kier alpha value is -3.62. The van der Waals surface area contributed by atoms with Crippen LogP contribution in [0.15, 0.2) is 53.2 Å². The maximum Gasteiger partial charge on any atom is 0.325 e. The van der Waals surface area contributed by atoms with Crippen LogP contribution in [0.5, 0.6) is 0 Å². The average molecular weight is 439 g/mol. The summed E-state index contributed by atoms with van der Waals surface area (Å²) in [4.78, 5) is 42.9. The van der Waals surface area contributed by atoms with Crippen LogP contribution in [-0.2, 0) is 4.79 Å². The molecule has 3 aromatic rings. The fourth-order valence-electron chi connectivity index (χ4n) is 4.32. The first-order chi connectivity index (χ1) is 15.3. The van der Waals surface area contributed by atoms with Crippen LogP contribution in [0.4, 0.5) is 13.6 Å². The van der Waals surface area contributed by atoms with Crippen LogP contribution >= 0.6 is 0 Å². The third-order valence-electron chi connectivity index (χ3n) is 6.17. The minimum absolute atomic E-state index is 0.0139. The Morgan fingerprint density at radius 3 is 2.59 bits per heavy atom. The number of halogens is 2. The third kappa shape index (κ3) is 3.43. The number of rotatable bonds is 4. The molecule has 164 valence electrons. The number of aromatic nitrogens is 1. The van der Waals surface area contributed by atoms with Crippen molar-refractivity contribution in [2.24, 2.45) is 0 Å². The first kappa shape index (κ1) is 20.3. The molecular formula is C23H19F2N3O4. The van der Waals surface area contributed by atoms with Crippen molar-refractivity contribution in [1.29, 1.82) is 0 Å². The molecule has 2 fully saturated rings. The molecule has 1 saturated heterocycles. The van der Waals surface area contributed by atoms with Gasteiger partial charge < -0.3 is 9.73 Å². The maximum atomic E-state index is 13.5. The molecule has 1 aliphatic heterocycles. The molecule has 3 amide bonds. The molecule has 1 saturated carbocycles. The second-order valence-corrected chi connectivity index (χ2v) is 8.29. The molecule has 0 radical (unpaired) electrons. The van der Waals surface area contributed by atoms with E-state index in [2.05, 4.69) is 10.3 Å². The van der Waals surface area contributed by atoms with Gasteiger partial charge in [0.25, 0.3) is 5.91 Å². The summed E-state index contributed by atoms with van der Waals surface area (Å²) >= 11 is 0. The van der Waals surface area contributed by atoms with Gasteiger partial charge in [-0.05, 0) is 42.7 Å². The summed E-state index contributed by atoms with van der Waals surface area (Å²) < 4.78 is 32.7. The highest BCUT2D eigenvalue weighted by Crippen LogP contribution is 2.41. The third-order valence-corrected chi connectivity index (χ3v) is 6.17. The molecule has 0 atom stereocenters. The Bertz CT molecular complexity index is 1230. The monoisotopic (exact) mass is 439 g/mol. The van der Waals surface area contributed by atoms with Gasteiger partial charge in [-0.1, -0.05) is 12.1 Å². The number of Topliss-reactive ketones (excluding diaryl/α,β-unsaturated/α-hetero) is 1. The second kappa shape index (κ2) is 7.22. The SMILES string of the molecule is O=C(CN1C(=O)NC2(CCC(F)(F)CC2)C1=O)c1cc2cc(-c3cccnc3)ccc2o1. The van der Waals surface area contributed by atoms with Crippen molar-refractivity contribution in [3.63, 3.8) is 0 Å². The maximum absolute atomic E-state index is 13.5. The number of fused-ring (bicyclic) bond motifs is 1. The standard InChI is InChI=1S/C23H19F2N3O4/c24-23(25)7-5-22(6-8-23)20(30)28(21(31)27-22)13-17(29)19-11-16-10-14(3-4-18(16)32-19)15-2-1-9-26-12-15/h1-4,9-12H,5-8,13H2,(H,27,31). The zero-order chi connectivity index (χ0) is 22.5. The number of alkyl halides is 2. The Morgan fingerprint density at radius 1 is 1.09 bits per heavy atom. The van der Waals surface area contributed by atoms with Gasteiger partial charge in [-0.15, -0.1) is 0 Å². The minimum Gasteiger partial charge on any atom is -0.453 e. The molecule has 9 heteroatoms. The van der Waals surface area contributed by atoms with E-state index in [0.717, 1.165) is 16.0 Å². The Kier molecular flexibility index (Phi) is 4.58. The predicted octanol–water partition coefficient (Wildman–Crippen LogP) is 4.18. The van der Waals surface area contributed by atoms with E-state index >= 15 is 0 Å². The van der Waals surface area contributed by atoms with Gasteiger partial charge in [0.15, 0.2) is 5.76 Å². The number of nitrogens with one attached hydrogen (secondary N) is 1. The summed E-state index contributed by atoms with van der Waals surface area (Å²) in [6, 6.07) is 9.99. The molecule has 2 aliphatic rings. The molecule has 1 spiro atoms. The number of pyridine rings is 1. The molecule has 0 unspecified atom stereocenters. The molecule has 0 bridgehead atoms. The number of benzene rings is 1. The molecule has 2 aromatic heterocycles. The second-order valence-electron chi connectivity index (χ2n) is 8.29. The van der Waals surface area contributed by atoms with Gasteiger partial charge in [0.1, 0.15) is 11.1 Å². The van der Waals surface area contributed by atoms with E-state index in [1.54, 1.807) is 24.5 Å². The van der Waals surface area contributed by atoms with Crippen molar-refractivity contribution < 1.29 is 27.6 Å². The lowest BCUT2D eigenvalue weighted by molar-refractivity contribution is -0.135. The van der Waals surface area contributed by atoms with Crippen LogP contribution in [0.25, 0.3) is 22.1 Å². The molecule has 1 aromatic carbocycles. The highest BCUT2D eigenvalue weighted by molar-refractivity contribution is 6.11. The van der Waals surface area contributed by atoms with E-state index in [-0.39, 0.29) is 18.6 Å². The fourth-order valence-corrected chi connectivity index (χ4v) is 4.32. The van der Waals surface area contributed by atoms with Crippen LogP contribution in [0.2, 0.25) is 0 Å². The van der Waals surface area contributed by atoms with Crippen LogP contribution in [0.3, 0.4) is 0 Å². The van der Waals surface area contributed by atoms with Gasteiger partial charge in [-0.2, -0.15) is 0 Å². The van der Waals surface area contributed by atoms with E-state index < -0.39 is 48.6 Å². The number of carbonyl (C=O) groups excluding carboxylic acids is 3. The number of nitrogens with zero attached hydrogens (tertiary/aromatic N) is 2. The molecule has 7 nitrogen and oxygen atoms in total. The minimum atomic E-state index is -2.84. The normalized spacial score (nSPS) is 19.5. The lowest BCUT2D eigenvalue weighted by atomic mass is 9.80. The lowest BCUT2D eigenvalue weighted by Crippen LogP contribution is -2.51. The van der Waals surface area contributed by atoms with E-state index in [1.165, 1.54) is 0 Å². The van der Waals surface area contributed by atoms with Crippen LogP contribution in [0, 0.1) is 0 Å². The quantitative estimate of drug-likeness (QED) is 0.486. The van der Waals surface area contributed by atoms with E-state index in [1.807, 2.05) is 24.3 Å². The highest BCUT2D eigenvalue weighted by Gasteiger charge is 2.55. The van der Waals surface area contributed by atoms with Crippen molar-refractivity contribution in [2.75, 3.05) is 6.54 Å². The fraction of sp³-hybridized carbons (Fsp3) is 0.304. The zero-order valence-corrected chi connectivity index (χ0v) is 16.9. The zero-order valence-electron chi connectivity index (χ0n) is 16.9. The number of hydrogen-bond donors (Lipinski definition) is 1. The summed E-state index contributed by atoms with van der Waals surface area (Å²) in [5, 5.41) is 3.22. The topological polar surface area (TPSA) is 92.5 Å². The molecule has 1 aliphatic carbocycles. The number of imide groups is 1. The molecular weight excluding hydrogens is 420 g/mol. The van der Waals surface area contributed by atoms with Gasteiger partial charge in [0.05, 0.1) is 6.54 Å². The number of urea groups is 1. The van der Waals surface area contributed by atoms with Crippen molar-refractivity contribution in [1.82, 2.24) is 15.2 Å². The summed E-state index contributed by atoms with van der Waals surface area (Å²) in [5.74, 6) is -4.02. The number of carbonyl (C=O) groups is 3. The smallest absolute Gasteiger partial charge is 0.325 e. The van der Waals surface area contributed by atoms with Crippen LogP contribution in [0.1, 0.15) is 36.2 Å². The molecule has 3 heterocycles. The van der Waals surface area contributed by atoms with E-state index in [9.17, 15) is 23.2 Å². The lowest BCUT2D eigenvalue weighted by Gasteiger charge is -2.34. The number of hydrogen-bond acceptors (Lipinski definition) is 5. The van der Waals surface area contributed by atoms with Gasteiger partial charge >= 0.3 is 6.03 Å². The largest absolute Gasteiger partial charge is 0.453 e. The number of ketones is 1. The number of furan rings is 1. The van der Waals surface area contributed by atoms with Crippen molar-refractivity contribution in [3.05, 3.63) is 54.6 Å². The average Bonchev–Trinajstić information content (AvgIpc) is 3.31. The van der Waals surface area contributed by atoms with Crippen molar-refractivity contribution in [3.8, 4) is 11.1 Å². The molecule has 32 heavy (non-hydrogen) atoms. The van der Waals surface area contributed by atoms with Crippen molar-refractivity contribution >= 4 is 28.7 Å². The van der Waals surface area contributed by atoms with E-state index in [4.69, 9.17) is 4.42 Å². The predicted molar refractivity (Wildman–Crippen MR) is 110 cm³/mol. The van der Waals surface area contributed by atoms with Crippen LogP contribution < -0.4 is 5.32 Å². The van der Waals surface area contributed by atoms with Gasteiger partial charge in [-0.3, -0.25) is 19.5 Å². The van der Waals surface area contributed by atoms with Gasteiger partial charge in [0.2, 0.25) is 11.7 Å². The summed E-state index contributed by atoms with van der Waals surface area (Å²) in [6.07, 6.45) is 2.12. The Morgan fingerprint density at radius 2 is 1.88 bits per heavy atom. The van der Waals surface area contributed by atoms with Crippen LogP contribution in [-0.4, -0.2) is 45.6 Å². The number of amides is 3. The van der Waals surface area contributed by atoms with E-state index in [0.29, 0.717) is 11.0 Å². The molecule has 5 rings (SSSR count). The first-order valence-electron chi connectivity index (χ1n) is 10.3.